The predicted molar refractivity (Wildman–Crippen MR) is 74.0 cm³/mol. The van der Waals surface area contributed by atoms with E-state index in [1.54, 1.807) is 6.20 Å². The summed E-state index contributed by atoms with van der Waals surface area (Å²) in [5.41, 5.74) is 2.07. The Kier molecular flexibility index (Phi) is 4.43. The Balaban J connectivity index is 1.85. The number of aromatic nitrogens is 5. The van der Waals surface area contributed by atoms with Crippen molar-refractivity contribution >= 4 is 5.95 Å². The molecule has 0 atom stereocenters. The van der Waals surface area contributed by atoms with Gasteiger partial charge in [0.05, 0.1) is 6.20 Å². The van der Waals surface area contributed by atoms with Gasteiger partial charge in [0.1, 0.15) is 0 Å². The molecule has 0 saturated carbocycles. The minimum atomic E-state index is 0.414. The van der Waals surface area contributed by atoms with Crippen molar-refractivity contribution in [2.24, 2.45) is 0 Å². The van der Waals surface area contributed by atoms with Crippen molar-refractivity contribution in [2.45, 2.75) is 39.7 Å². The molecule has 0 aliphatic heterocycles. The van der Waals surface area contributed by atoms with E-state index in [2.05, 4.69) is 39.4 Å². The second kappa shape index (κ2) is 6.26. The Morgan fingerprint density at radius 1 is 1.32 bits per heavy atom. The maximum absolute atomic E-state index is 4.51. The number of nitrogens with one attached hydrogen (secondary N) is 1. The standard InChI is InChI=1S/C13H20N6/c1-10(2)12-9-11(3)16-13(17-12)14-5-4-7-19-8-6-15-18-19/h6,8-10H,4-5,7H2,1-3H3,(H,14,16,17). The van der Waals surface area contributed by atoms with Gasteiger partial charge in [-0.1, -0.05) is 19.1 Å². The van der Waals surface area contributed by atoms with Crippen LogP contribution in [0.1, 0.15) is 37.6 Å². The summed E-state index contributed by atoms with van der Waals surface area (Å²) in [7, 11) is 0. The van der Waals surface area contributed by atoms with Gasteiger partial charge in [-0.05, 0) is 25.3 Å². The molecular formula is C13H20N6. The maximum Gasteiger partial charge on any atom is 0.223 e. The third kappa shape index (κ3) is 4.01. The minimum Gasteiger partial charge on any atom is -0.354 e. The second-order valence-electron chi connectivity index (χ2n) is 4.86. The first-order chi connectivity index (χ1) is 9.15. The first kappa shape index (κ1) is 13.5. The van der Waals surface area contributed by atoms with E-state index in [-0.39, 0.29) is 0 Å². The van der Waals surface area contributed by atoms with Gasteiger partial charge in [-0.2, -0.15) is 0 Å². The van der Waals surface area contributed by atoms with E-state index in [0.29, 0.717) is 11.9 Å². The third-order valence-electron chi connectivity index (χ3n) is 2.78. The quantitative estimate of drug-likeness (QED) is 0.805. The smallest absolute Gasteiger partial charge is 0.223 e. The monoisotopic (exact) mass is 260 g/mol. The lowest BCUT2D eigenvalue weighted by atomic mass is 10.1. The van der Waals surface area contributed by atoms with Gasteiger partial charge < -0.3 is 5.32 Å². The van der Waals surface area contributed by atoms with Crippen LogP contribution in [0, 0.1) is 6.92 Å². The zero-order valence-electron chi connectivity index (χ0n) is 11.7. The molecule has 0 aromatic carbocycles. The second-order valence-corrected chi connectivity index (χ2v) is 4.86. The summed E-state index contributed by atoms with van der Waals surface area (Å²) in [4.78, 5) is 8.90. The fourth-order valence-electron chi connectivity index (χ4n) is 1.76. The Hall–Kier alpha value is -1.98. The first-order valence-electron chi connectivity index (χ1n) is 6.58. The molecule has 0 aliphatic rings. The van der Waals surface area contributed by atoms with E-state index in [9.17, 15) is 0 Å². The fourth-order valence-corrected chi connectivity index (χ4v) is 1.76. The van der Waals surface area contributed by atoms with Crippen molar-refractivity contribution in [3.63, 3.8) is 0 Å². The molecule has 6 heteroatoms. The number of nitrogens with zero attached hydrogens (tertiary/aromatic N) is 5. The lowest BCUT2D eigenvalue weighted by molar-refractivity contribution is 0.569. The van der Waals surface area contributed by atoms with Gasteiger partial charge in [0.2, 0.25) is 5.95 Å². The van der Waals surface area contributed by atoms with Gasteiger partial charge in [-0.3, -0.25) is 4.68 Å². The van der Waals surface area contributed by atoms with Gasteiger partial charge in [-0.25, -0.2) is 9.97 Å². The highest BCUT2D eigenvalue weighted by Gasteiger charge is 2.05. The van der Waals surface area contributed by atoms with Gasteiger partial charge in [0.25, 0.3) is 0 Å². The highest BCUT2D eigenvalue weighted by Crippen LogP contribution is 2.14. The number of anilines is 1. The lowest BCUT2D eigenvalue weighted by Gasteiger charge is -2.10. The lowest BCUT2D eigenvalue weighted by Crippen LogP contribution is -2.11. The predicted octanol–water partition coefficient (Wildman–Crippen LogP) is 2.00. The highest BCUT2D eigenvalue weighted by molar-refractivity contribution is 5.28. The van der Waals surface area contributed by atoms with Crippen LogP contribution >= 0.6 is 0 Å². The van der Waals surface area contributed by atoms with Crippen LogP contribution < -0.4 is 5.32 Å². The number of aryl methyl sites for hydroxylation is 2. The zero-order chi connectivity index (χ0) is 13.7. The molecule has 0 saturated heterocycles. The summed E-state index contributed by atoms with van der Waals surface area (Å²) < 4.78 is 1.82. The van der Waals surface area contributed by atoms with Crippen LogP contribution in [0.5, 0.6) is 0 Å². The van der Waals surface area contributed by atoms with E-state index >= 15 is 0 Å². The molecule has 1 N–H and O–H groups in total. The number of rotatable bonds is 6. The molecular weight excluding hydrogens is 240 g/mol. The van der Waals surface area contributed by atoms with Crippen molar-refractivity contribution < 1.29 is 0 Å². The van der Waals surface area contributed by atoms with Crippen molar-refractivity contribution in [3.05, 3.63) is 29.8 Å². The van der Waals surface area contributed by atoms with Gasteiger partial charge >= 0.3 is 0 Å². The Labute approximate surface area is 113 Å². The molecule has 102 valence electrons. The van der Waals surface area contributed by atoms with Crippen LogP contribution in [-0.4, -0.2) is 31.5 Å². The molecule has 0 fully saturated rings. The van der Waals surface area contributed by atoms with E-state index in [4.69, 9.17) is 0 Å². The van der Waals surface area contributed by atoms with E-state index in [1.165, 1.54) is 0 Å². The largest absolute Gasteiger partial charge is 0.354 e. The van der Waals surface area contributed by atoms with Crippen LogP contribution in [0.25, 0.3) is 0 Å². The van der Waals surface area contributed by atoms with Crippen LogP contribution in [0.15, 0.2) is 18.5 Å². The molecule has 0 amide bonds. The third-order valence-corrected chi connectivity index (χ3v) is 2.78. The average Bonchev–Trinajstić information content (AvgIpc) is 2.87. The van der Waals surface area contributed by atoms with Crippen molar-refractivity contribution in [1.29, 1.82) is 0 Å². The normalized spacial score (nSPS) is 10.9. The molecule has 0 radical (unpaired) electrons. The molecule has 0 spiro atoms. The molecule has 19 heavy (non-hydrogen) atoms. The van der Waals surface area contributed by atoms with Gasteiger partial charge in [-0.15, -0.1) is 5.10 Å². The topological polar surface area (TPSA) is 68.5 Å². The van der Waals surface area contributed by atoms with Crippen LogP contribution in [0.2, 0.25) is 0 Å². The van der Waals surface area contributed by atoms with E-state index < -0.39 is 0 Å². The Morgan fingerprint density at radius 2 is 2.16 bits per heavy atom. The number of hydrogen-bond donors (Lipinski definition) is 1. The van der Waals surface area contributed by atoms with Crippen molar-refractivity contribution in [1.82, 2.24) is 25.0 Å². The summed E-state index contributed by atoms with van der Waals surface area (Å²) in [5.74, 6) is 1.12. The maximum atomic E-state index is 4.51. The Morgan fingerprint density at radius 3 is 2.84 bits per heavy atom. The van der Waals surface area contributed by atoms with Crippen LogP contribution in [-0.2, 0) is 6.54 Å². The fraction of sp³-hybridized carbons (Fsp3) is 0.538. The average molecular weight is 260 g/mol. The minimum absolute atomic E-state index is 0.414. The van der Waals surface area contributed by atoms with E-state index in [0.717, 1.165) is 30.9 Å². The summed E-state index contributed by atoms with van der Waals surface area (Å²) in [6, 6.07) is 2.03. The highest BCUT2D eigenvalue weighted by atomic mass is 15.4. The van der Waals surface area contributed by atoms with Crippen molar-refractivity contribution in [2.75, 3.05) is 11.9 Å². The molecule has 0 unspecified atom stereocenters. The summed E-state index contributed by atoms with van der Waals surface area (Å²) in [6.45, 7) is 7.93. The number of hydrogen-bond acceptors (Lipinski definition) is 5. The van der Waals surface area contributed by atoms with Crippen molar-refractivity contribution in [3.8, 4) is 0 Å². The van der Waals surface area contributed by atoms with Gasteiger partial charge in [0.15, 0.2) is 0 Å². The van der Waals surface area contributed by atoms with Gasteiger partial charge in [0, 0.05) is 30.7 Å². The molecule has 2 rings (SSSR count). The van der Waals surface area contributed by atoms with E-state index in [1.807, 2.05) is 23.9 Å². The SMILES string of the molecule is Cc1cc(C(C)C)nc(NCCCn2ccnn2)n1. The molecule has 2 aromatic heterocycles. The first-order valence-corrected chi connectivity index (χ1v) is 6.58. The summed E-state index contributed by atoms with van der Waals surface area (Å²) in [6.07, 6.45) is 4.50. The molecule has 0 aliphatic carbocycles. The molecule has 2 heterocycles. The molecule has 0 bridgehead atoms. The van der Waals surface area contributed by atoms with Crippen LogP contribution in [0.3, 0.4) is 0 Å². The zero-order valence-corrected chi connectivity index (χ0v) is 11.7. The van der Waals surface area contributed by atoms with Crippen LogP contribution in [0.4, 0.5) is 5.95 Å². The Bertz CT molecular complexity index is 506. The molecule has 6 nitrogen and oxygen atoms in total. The summed E-state index contributed by atoms with van der Waals surface area (Å²) >= 11 is 0. The summed E-state index contributed by atoms with van der Waals surface area (Å²) in [5, 5.41) is 10.9. The molecule has 2 aromatic rings.